The van der Waals surface area contributed by atoms with E-state index in [0.717, 1.165) is 5.56 Å². The minimum absolute atomic E-state index is 0.0240. The summed E-state index contributed by atoms with van der Waals surface area (Å²) in [5.74, 6) is -0.525. The highest BCUT2D eigenvalue weighted by Crippen LogP contribution is 2.16. The van der Waals surface area contributed by atoms with Crippen LogP contribution in [0.2, 0.25) is 0 Å². The molecule has 2 aromatic rings. The number of rotatable bonds is 5. The highest BCUT2D eigenvalue weighted by Gasteiger charge is 2.11. The van der Waals surface area contributed by atoms with Crippen molar-refractivity contribution in [2.75, 3.05) is 12.4 Å². The standard InChI is InChI=1S/C15H14N2O4S/c1-9(18)12-5-10(8-22-12)6-14(19)17-13-7-11(3-4-16-13)15(20)21-2/h3-5,7-8H,6H2,1-2H3,(H,16,17,19). The zero-order valence-electron chi connectivity index (χ0n) is 12.1. The molecule has 0 unspecified atom stereocenters. The van der Waals surface area contributed by atoms with Gasteiger partial charge in [0, 0.05) is 6.20 Å². The summed E-state index contributed by atoms with van der Waals surface area (Å²) in [7, 11) is 1.28. The van der Waals surface area contributed by atoms with E-state index >= 15 is 0 Å². The smallest absolute Gasteiger partial charge is 0.338 e. The fourth-order valence-corrected chi connectivity index (χ4v) is 2.58. The molecule has 0 radical (unpaired) electrons. The number of hydrogen-bond acceptors (Lipinski definition) is 6. The summed E-state index contributed by atoms with van der Waals surface area (Å²) in [6, 6.07) is 4.64. The lowest BCUT2D eigenvalue weighted by Crippen LogP contribution is -2.15. The van der Waals surface area contributed by atoms with Gasteiger partial charge in [-0.05, 0) is 36.1 Å². The maximum Gasteiger partial charge on any atom is 0.338 e. The first-order chi connectivity index (χ1) is 10.5. The third-order valence-corrected chi connectivity index (χ3v) is 3.89. The van der Waals surface area contributed by atoms with E-state index < -0.39 is 5.97 Å². The maximum atomic E-state index is 12.0. The van der Waals surface area contributed by atoms with Crippen LogP contribution in [0, 0.1) is 0 Å². The zero-order valence-corrected chi connectivity index (χ0v) is 12.9. The third-order valence-electron chi connectivity index (χ3n) is 2.81. The van der Waals surface area contributed by atoms with Gasteiger partial charge in [0.25, 0.3) is 0 Å². The Morgan fingerprint density at radius 1 is 1.32 bits per heavy atom. The summed E-state index contributed by atoms with van der Waals surface area (Å²) in [4.78, 5) is 39.2. The van der Waals surface area contributed by atoms with E-state index in [4.69, 9.17) is 0 Å². The number of methoxy groups -OCH3 is 1. The lowest BCUT2D eigenvalue weighted by atomic mass is 10.2. The Hall–Kier alpha value is -2.54. The van der Waals surface area contributed by atoms with Crippen molar-refractivity contribution in [2.24, 2.45) is 0 Å². The number of Topliss-reactive ketones (excluding diaryl/α,β-unsaturated/α-hetero) is 1. The van der Waals surface area contributed by atoms with Gasteiger partial charge in [-0.2, -0.15) is 0 Å². The van der Waals surface area contributed by atoms with Crippen LogP contribution in [0.3, 0.4) is 0 Å². The number of carbonyl (C=O) groups excluding carboxylic acids is 3. The molecule has 0 aliphatic heterocycles. The van der Waals surface area contributed by atoms with Gasteiger partial charge < -0.3 is 10.1 Å². The molecule has 0 bridgehead atoms. The van der Waals surface area contributed by atoms with E-state index in [0.29, 0.717) is 10.4 Å². The number of hydrogen-bond donors (Lipinski definition) is 1. The Bertz CT molecular complexity index is 724. The number of ketones is 1. The van der Waals surface area contributed by atoms with Crippen molar-refractivity contribution in [2.45, 2.75) is 13.3 Å². The van der Waals surface area contributed by atoms with Crippen molar-refractivity contribution in [3.63, 3.8) is 0 Å². The molecule has 0 spiro atoms. The molecule has 7 heteroatoms. The molecule has 0 aliphatic rings. The van der Waals surface area contributed by atoms with Crippen LogP contribution >= 0.6 is 11.3 Å². The van der Waals surface area contributed by atoms with Gasteiger partial charge in [-0.3, -0.25) is 9.59 Å². The van der Waals surface area contributed by atoms with Gasteiger partial charge in [0.1, 0.15) is 5.82 Å². The van der Waals surface area contributed by atoms with Crippen molar-refractivity contribution in [1.82, 2.24) is 4.98 Å². The average molecular weight is 318 g/mol. The summed E-state index contributed by atoms with van der Waals surface area (Å²) < 4.78 is 4.61. The molecule has 0 atom stereocenters. The number of pyridine rings is 1. The summed E-state index contributed by atoms with van der Waals surface area (Å²) in [6.45, 7) is 1.48. The Labute approximate surface area is 131 Å². The molecular weight excluding hydrogens is 304 g/mol. The van der Waals surface area contributed by atoms with Gasteiger partial charge >= 0.3 is 5.97 Å². The van der Waals surface area contributed by atoms with Gasteiger partial charge in [0.05, 0.1) is 24.0 Å². The third kappa shape index (κ3) is 3.98. The number of aromatic nitrogens is 1. The first kappa shape index (κ1) is 15.8. The van der Waals surface area contributed by atoms with Crippen LogP contribution in [-0.2, 0) is 16.0 Å². The molecule has 2 aromatic heterocycles. The van der Waals surface area contributed by atoms with E-state index in [1.165, 1.54) is 43.7 Å². The van der Waals surface area contributed by atoms with Crippen LogP contribution in [0.4, 0.5) is 5.82 Å². The fraction of sp³-hybridized carbons (Fsp3) is 0.200. The number of thiophene rings is 1. The number of nitrogens with one attached hydrogen (secondary N) is 1. The molecule has 2 rings (SSSR count). The van der Waals surface area contributed by atoms with E-state index in [1.54, 1.807) is 11.4 Å². The zero-order chi connectivity index (χ0) is 16.1. The van der Waals surface area contributed by atoms with Gasteiger partial charge in [-0.1, -0.05) is 0 Å². The molecule has 0 saturated heterocycles. The SMILES string of the molecule is COC(=O)c1ccnc(NC(=O)Cc2csc(C(C)=O)c2)c1. The van der Waals surface area contributed by atoms with Crippen LogP contribution in [0.25, 0.3) is 0 Å². The van der Waals surface area contributed by atoms with Crippen molar-refractivity contribution in [3.8, 4) is 0 Å². The second-order valence-electron chi connectivity index (χ2n) is 4.52. The van der Waals surface area contributed by atoms with E-state index in [-0.39, 0.29) is 23.9 Å². The predicted molar refractivity (Wildman–Crippen MR) is 82.2 cm³/mol. The minimum atomic E-state index is -0.498. The monoisotopic (exact) mass is 318 g/mol. The molecule has 0 saturated carbocycles. The molecule has 1 amide bonds. The Balaban J connectivity index is 2.02. The predicted octanol–water partition coefficient (Wildman–Crippen LogP) is 2.31. The Morgan fingerprint density at radius 3 is 2.73 bits per heavy atom. The molecule has 1 N–H and O–H groups in total. The summed E-state index contributed by atoms with van der Waals surface area (Å²) in [6.07, 6.45) is 1.55. The molecule has 0 aliphatic carbocycles. The van der Waals surface area contributed by atoms with Crippen LogP contribution < -0.4 is 5.32 Å². The molecule has 0 fully saturated rings. The number of ether oxygens (including phenoxy) is 1. The number of anilines is 1. The first-order valence-corrected chi connectivity index (χ1v) is 7.30. The van der Waals surface area contributed by atoms with Crippen LogP contribution in [0.15, 0.2) is 29.8 Å². The second kappa shape index (κ2) is 6.95. The van der Waals surface area contributed by atoms with Crippen LogP contribution in [0.5, 0.6) is 0 Å². The number of amides is 1. The molecule has 114 valence electrons. The highest BCUT2D eigenvalue weighted by atomic mass is 32.1. The van der Waals surface area contributed by atoms with Crippen molar-refractivity contribution >= 4 is 34.8 Å². The summed E-state index contributed by atoms with van der Waals surface area (Å²) >= 11 is 1.31. The van der Waals surface area contributed by atoms with E-state index in [9.17, 15) is 14.4 Å². The number of carbonyl (C=O) groups is 3. The molecule has 22 heavy (non-hydrogen) atoms. The Kier molecular flexibility index (Phi) is 5.00. The van der Waals surface area contributed by atoms with Gasteiger partial charge in [-0.25, -0.2) is 9.78 Å². The van der Waals surface area contributed by atoms with Crippen molar-refractivity contribution in [3.05, 3.63) is 45.8 Å². The minimum Gasteiger partial charge on any atom is -0.465 e. The van der Waals surface area contributed by atoms with Crippen LogP contribution in [0.1, 0.15) is 32.5 Å². The highest BCUT2D eigenvalue weighted by molar-refractivity contribution is 7.12. The van der Waals surface area contributed by atoms with Crippen molar-refractivity contribution < 1.29 is 19.1 Å². The largest absolute Gasteiger partial charge is 0.465 e. The fourth-order valence-electron chi connectivity index (χ4n) is 1.77. The van der Waals surface area contributed by atoms with Crippen LogP contribution in [-0.4, -0.2) is 29.8 Å². The first-order valence-electron chi connectivity index (χ1n) is 6.42. The Morgan fingerprint density at radius 2 is 2.09 bits per heavy atom. The molecule has 6 nitrogen and oxygen atoms in total. The lowest BCUT2D eigenvalue weighted by Gasteiger charge is -2.05. The van der Waals surface area contributed by atoms with Crippen molar-refractivity contribution in [1.29, 1.82) is 0 Å². The second-order valence-corrected chi connectivity index (χ2v) is 5.43. The van der Waals surface area contributed by atoms with E-state index in [2.05, 4.69) is 15.0 Å². The van der Waals surface area contributed by atoms with E-state index in [1.807, 2.05) is 0 Å². The summed E-state index contributed by atoms with van der Waals surface area (Å²) in [5, 5.41) is 4.38. The topological polar surface area (TPSA) is 85.4 Å². The lowest BCUT2D eigenvalue weighted by molar-refractivity contribution is -0.115. The van der Waals surface area contributed by atoms with Gasteiger partial charge in [-0.15, -0.1) is 11.3 Å². The van der Waals surface area contributed by atoms with Gasteiger partial charge in [0.15, 0.2) is 5.78 Å². The average Bonchev–Trinajstić information content (AvgIpc) is 2.95. The van der Waals surface area contributed by atoms with Gasteiger partial charge in [0.2, 0.25) is 5.91 Å². The summed E-state index contributed by atoms with van der Waals surface area (Å²) in [5.41, 5.74) is 1.07. The normalized spacial score (nSPS) is 10.1. The molecule has 0 aromatic carbocycles. The number of nitrogens with zero attached hydrogens (tertiary/aromatic N) is 1. The number of esters is 1. The maximum absolute atomic E-state index is 12.0. The quantitative estimate of drug-likeness (QED) is 0.675. The molecule has 2 heterocycles. The molecular formula is C15H14N2O4S.